The number of rotatable bonds is 5. The van der Waals surface area contributed by atoms with Gasteiger partial charge in [0, 0.05) is 25.0 Å². The largest absolute Gasteiger partial charge is 0.335 e. The van der Waals surface area contributed by atoms with Gasteiger partial charge < -0.3 is 10.2 Å². The van der Waals surface area contributed by atoms with Crippen LogP contribution in [0.15, 0.2) is 65.2 Å². The predicted octanol–water partition coefficient (Wildman–Crippen LogP) is 4.17. The summed E-state index contributed by atoms with van der Waals surface area (Å²) in [5, 5.41) is 9.75. The normalized spacial score (nSPS) is 15.4. The zero-order valence-electron chi connectivity index (χ0n) is 16.0. The third-order valence-electron chi connectivity index (χ3n) is 4.29. The molecule has 2 N–H and O–H groups in total. The number of carbonyl (C=O) groups excluding carboxylic acids is 1. The van der Waals surface area contributed by atoms with Gasteiger partial charge in [-0.3, -0.25) is 9.89 Å². The summed E-state index contributed by atoms with van der Waals surface area (Å²) in [5.74, 6) is -0.140. The fourth-order valence-electron chi connectivity index (χ4n) is 2.83. The molecule has 1 aliphatic rings. The van der Waals surface area contributed by atoms with E-state index >= 15 is 0 Å². The van der Waals surface area contributed by atoms with Gasteiger partial charge >= 0.3 is 0 Å². The highest BCUT2D eigenvalue weighted by Crippen LogP contribution is 2.29. The highest BCUT2D eigenvalue weighted by atomic mass is 19.1. The van der Waals surface area contributed by atoms with Gasteiger partial charge in [-0.05, 0) is 43.2 Å². The summed E-state index contributed by atoms with van der Waals surface area (Å²) in [6.07, 6.45) is 11.2. The average Bonchev–Trinajstić information content (AvgIpc) is 3.13. The van der Waals surface area contributed by atoms with Crippen molar-refractivity contribution in [2.24, 2.45) is 4.99 Å². The van der Waals surface area contributed by atoms with Gasteiger partial charge in [-0.2, -0.15) is 5.10 Å². The number of aryl methyl sites for hydroxylation is 1. The van der Waals surface area contributed by atoms with Gasteiger partial charge in [-0.15, -0.1) is 0 Å². The number of allylic oxidation sites excluding steroid dienone is 2. The van der Waals surface area contributed by atoms with E-state index in [0.717, 1.165) is 12.0 Å². The molecular formula is C21H22FN5O. The lowest BCUT2D eigenvalue weighted by molar-refractivity contribution is -0.112. The maximum atomic E-state index is 13.7. The molecule has 0 atom stereocenters. The Morgan fingerprint density at radius 2 is 2.21 bits per heavy atom. The molecule has 0 fully saturated rings. The maximum Gasteiger partial charge on any atom is 0.259 e. The molecule has 2 aromatic rings. The van der Waals surface area contributed by atoms with Crippen LogP contribution in [0.5, 0.6) is 0 Å². The van der Waals surface area contributed by atoms with Gasteiger partial charge in [0.1, 0.15) is 11.6 Å². The molecule has 1 aromatic carbocycles. The number of hydrogen-bond donors (Lipinski definition) is 2. The molecule has 144 valence electrons. The fourth-order valence-corrected chi connectivity index (χ4v) is 2.83. The Bertz CT molecular complexity index is 1000. The predicted molar refractivity (Wildman–Crippen MR) is 109 cm³/mol. The second-order valence-corrected chi connectivity index (χ2v) is 6.35. The first-order valence-corrected chi connectivity index (χ1v) is 8.97. The average molecular weight is 379 g/mol. The molecule has 6 nitrogen and oxygen atoms in total. The molecule has 2 heterocycles. The van der Waals surface area contributed by atoms with Crippen LogP contribution in [-0.4, -0.2) is 34.3 Å². The van der Waals surface area contributed by atoms with Crippen molar-refractivity contribution in [2.45, 2.75) is 20.3 Å². The van der Waals surface area contributed by atoms with Crippen LogP contribution < -0.4 is 5.32 Å². The summed E-state index contributed by atoms with van der Waals surface area (Å²) in [6, 6.07) is 4.50. The number of aromatic nitrogens is 2. The molecule has 0 aliphatic carbocycles. The van der Waals surface area contributed by atoms with E-state index in [2.05, 4.69) is 20.5 Å². The molecular weight excluding hydrogens is 357 g/mol. The smallest absolute Gasteiger partial charge is 0.259 e. The second-order valence-electron chi connectivity index (χ2n) is 6.35. The molecule has 0 radical (unpaired) electrons. The van der Waals surface area contributed by atoms with Crippen molar-refractivity contribution >= 4 is 17.8 Å². The van der Waals surface area contributed by atoms with E-state index in [1.165, 1.54) is 18.3 Å². The Kier molecular flexibility index (Phi) is 5.84. The lowest BCUT2D eigenvalue weighted by Crippen LogP contribution is -2.21. The summed E-state index contributed by atoms with van der Waals surface area (Å²) in [6.45, 7) is 3.86. The van der Waals surface area contributed by atoms with Crippen molar-refractivity contribution in [3.8, 4) is 11.3 Å². The van der Waals surface area contributed by atoms with Crippen molar-refractivity contribution in [3.05, 3.63) is 71.6 Å². The Balaban J connectivity index is 1.96. The first kappa shape index (κ1) is 19.3. The number of aromatic amines is 1. The van der Waals surface area contributed by atoms with Crippen LogP contribution in [0.3, 0.4) is 0 Å². The van der Waals surface area contributed by atoms with Crippen molar-refractivity contribution in [2.75, 3.05) is 12.4 Å². The third kappa shape index (κ3) is 4.09. The first-order valence-electron chi connectivity index (χ1n) is 8.97. The van der Waals surface area contributed by atoms with Crippen LogP contribution in [0.1, 0.15) is 18.9 Å². The van der Waals surface area contributed by atoms with Crippen LogP contribution in [0, 0.1) is 12.7 Å². The summed E-state index contributed by atoms with van der Waals surface area (Å²) >= 11 is 0. The Morgan fingerprint density at radius 1 is 1.39 bits per heavy atom. The molecule has 1 aromatic heterocycles. The fraction of sp³-hybridized carbons (Fsp3) is 0.190. The number of halogens is 1. The highest BCUT2D eigenvalue weighted by molar-refractivity contribution is 6.08. The topological polar surface area (TPSA) is 73.4 Å². The van der Waals surface area contributed by atoms with E-state index in [9.17, 15) is 9.18 Å². The minimum atomic E-state index is -0.355. The zero-order chi connectivity index (χ0) is 20.1. The third-order valence-corrected chi connectivity index (χ3v) is 4.29. The summed E-state index contributed by atoms with van der Waals surface area (Å²) in [4.78, 5) is 19.1. The monoisotopic (exact) mass is 379 g/mol. The van der Waals surface area contributed by atoms with Crippen LogP contribution >= 0.6 is 0 Å². The lowest BCUT2D eigenvalue weighted by Gasteiger charge is -2.19. The van der Waals surface area contributed by atoms with Crippen LogP contribution in [-0.2, 0) is 4.79 Å². The number of H-pyrrole nitrogens is 1. The van der Waals surface area contributed by atoms with E-state index < -0.39 is 0 Å². The minimum absolute atomic E-state index is 0.323. The van der Waals surface area contributed by atoms with Gasteiger partial charge in [-0.1, -0.05) is 19.1 Å². The highest BCUT2D eigenvalue weighted by Gasteiger charge is 2.19. The molecule has 1 amide bonds. The number of aliphatic imine (C=N–C) groups is 1. The minimum Gasteiger partial charge on any atom is -0.335 e. The van der Waals surface area contributed by atoms with E-state index in [1.54, 1.807) is 29.3 Å². The Hall–Kier alpha value is -3.48. The number of benzene rings is 1. The van der Waals surface area contributed by atoms with E-state index in [-0.39, 0.29) is 11.7 Å². The van der Waals surface area contributed by atoms with Crippen LogP contribution in [0.4, 0.5) is 10.1 Å². The van der Waals surface area contributed by atoms with Crippen molar-refractivity contribution in [1.29, 1.82) is 0 Å². The molecule has 0 saturated heterocycles. The molecule has 0 spiro atoms. The Morgan fingerprint density at radius 3 is 2.96 bits per heavy atom. The second kappa shape index (κ2) is 8.47. The van der Waals surface area contributed by atoms with Crippen LogP contribution in [0.2, 0.25) is 0 Å². The molecule has 0 bridgehead atoms. The number of hydrogen-bond acceptors (Lipinski definition) is 4. The maximum absolute atomic E-state index is 13.7. The number of anilines is 1. The van der Waals surface area contributed by atoms with Crippen molar-refractivity contribution < 1.29 is 9.18 Å². The number of nitrogens with zero attached hydrogens (tertiary/aromatic N) is 3. The van der Waals surface area contributed by atoms with E-state index in [1.807, 2.05) is 33.2 Å². The van der Waals surface area contributed by atoms with E-state index in [0.29, 0.717) is 28.3 Å². The number of amides is 1. The van der Waals surface area contributed by atoms with Gasteiger partial charge in [0.15, 0.2) is 0 Å². The summed E-state index contributed by atoms with van der Waals surface area (Å²) < 4.78 is 13.7. The standard InChI is InChI=1S/C21H22FN5O/c1-4-5-7-16(20-23-10-6-11-27(20)3)21(28)25-18-13-24-26-19(18)17-12-15(22)9-8-14(17)2/h5-13H,4H2,1-3H3,(H,24,26)(H,25,28)/b7-5+,20-16+. The van der Waals surface area contributed by atoms with Crippen LogP contribution in [0.25, 0.3) is 11.3 Å². The summed E-state index contributed by atoms with van der Waals surface area (Å²) in [5.41, 5.74) is 2.96. The molecule has 3 rings (SSSR count). The quantitative estimate of drug-likeness (QED) is 0.766. The number of nitrogens with one attached hydrogen (secondary N) is 2. The molecule has 28 heavy (non-hydrogen) atoms. The molecule has 1 aliphatic heterocycles. The van der Waals surface area contributed by atoms with Gasteiger partial charge in [0.2, 0.25) is 0 Å². The van der Waals surface area contributed by atoms with Gasteiger partial charge in [0.05, 0.1) is 23.2 Å². The lowest BCUT2D eigenvalue weighted by atomic mass is 10.0. The van der Waals surface area contributed by atoms with Gasteiger partial charge in [-0.25, -0.2) is 9.38 Å². The van der Waals surface area contributed by atoms with Gasteiger partial charge in [0.25, 0.3) is 5.91 Å². The van der Waals surface area contributed by atoms with E-state index in [4.69, 9.17) is 0 Å². The van der Waals surface area contributed by atoms with Crippen molar-refractivity contribution in [1.82, 2.24) is 15.1 Å². The van der Waals surface area contributed by atoms with Crippen molar-refractivity contribution in [3.63, 3.8) is 0 Å². The molecule has 7 heteroatoms. The Labute approximate surface area is 163 Å². The zero-order valence-corrected chi connectivity index (χ0v) is 16.0. The number of carbonyl (C=O) groups is 1. The summed E-state index contributed by atoms with van der Waals surface area (Å²) in [7, 11) is 1.83. The SMILES string of the molecule is CC/C=C/C(C(=O)Nc1cn[nH]c1-c1cc(F)ccc1C)=C1/N=CC=CN1C. The molecule has 0 unspecified atom stereocenters. The first-order chi connectivity index (χ1) is 13.5. The molecule has 0 saturated carbocycles.